The molecular formula is C28H33ClN8O4. The number of H-pyrrole nitrogens is 1. The minimum absolute atomic E-state index is 0.0146. The van der Waals surface area contributed by atoms with Crippen molar-refractivity contribution in [3.63, 3.8) is 0 Å². The predicted octanol–water partition coefficient (Wildman–Crippen LogP) is 3.12. The van der Waals surface area contributed by atoms with E-state index in [0.29, 0.717) is 60.1 Å². The lowest BCUT2D eigenvalue weighted by Crippen LogP contribution is -2.45. The maximum atomic E-state index is 13.7. The van der Waals surface area contributed by atoms with Crippen LogP contribution in [0.4, 0.5) is 11.8 Å². The van der Waals surface area contributed by atoms with Crippen molar-refractivity contribution in [2.24, 2.45) is 0 Å². The van der Waals surface area contributed by atoms with Crippen LogP contribution in [-0.4, -0.2) is 86.6 Å². The van der Waals surface area contributed by atoms with Gasteiger partial charge in [0.05, 0.1) is 36.2 Å². The summed E-state index contributed by atoms with van der Waals surface area (Å²) in [6.45, 7) is 7.49. The number of halogens is 1. The van der Waals surface area contributed by atoms with Gasteiger partial charge in [-0.15, -0.1) is 0 Å². The Bertz CT molecular complexity index is 1510. The maximum absolute atomic E-state index is 13.7. The summed E-state index contributed by atoms with van der Waals surface area (Å²) < 4.78 is 5.53. The Morgan fingerprint density at radius 3 is 2.71 bits per heavy atom. The fourth-order valence-corrected chi connectivity index (χ4v) is 5.52. The molecular weight excluding hydrogens is 548 g/mol. The molecule has 5 heterocycles. The van der Waals surface area contributed by atoms with Crippen molar-refractivity contribution in [3.8, 4) is 5.75 Å². The molecule has 1 saturated heterocycles. The Morgan fingerprint density at radius 1 is 1.22 bits per heavy atom. The Hall–Kier alpha value is -3.84. The third kappa shape index (κ3) is 5.96. The number of carbonyl (C=O) groups excluding carboxylic acids is 2. The highest BCUT2D eigenvalue weighted by Gasteiger charge is 2.37. The zero-order valence-electron chi connectivity index (χ0n) is 23.3. The molecule has 3 aromatic heterocycles. The quantitative estimate of drug-likeness (QED) is 0.195. The largest absolute Gasteiger partial charge is 0.496 e. The van der Waals surface area contributed by atoms with Gasteiger partial charge in [0, 0.05) is 55.6 Å². The Kier molecular flexibility index (Phi) is 8.36. The van der Waals surface area contributed by atoms with Gasteiger partial charge in [0.1, 0.15) is 10.9 Å². The van der Waals surface area contributed by atoms with E-state index in [0.717, 1.165) is 30.8 Å². The fourth-order valence-electron chi connectivity index (χ4n) is 5.25. The lowest BCUT2D eigenvalue weighted by molar-refractivity contribution is -0.117. The van der Waals surface area contributed by atoms with Gasteiger partial charge >= 0.3 is 0 Å². The van der Waals surface area contributed by atoms with Crippen LogP contribution in [0.2, 0.25) is 5.15 Å². The molecule has 0 saturated carbocycles. The van der Waals surface area contributed by atoms with E-state index < -0.39 is 0 Å². The summed E-state index contributed by atoms with van der Waals surface area (Å²) in [6, 6.07) is 3.46. The number of aromatic amines is 1. The molecule has 2 aliphatic rings. The standard InChI is InChI=1S/C28H33ClN8O4/c1-16-14-31-21(17(2)24(16)41-3)15-37-26-23(25(29)33-28(30)34-26)19(27(37)39)13-18-6-7-20(32-18)22(38)5-4-8-35-9-11-36(40)12-10-35/h6-7,13-14,32,40H,4-5,8-12,15H2,1-3H3,(H2,30,33,34)/b19-13-. The van der Waals surface area contributed by atoms with Gasteiger partial charge in [-0.25, -0.2) is 4.98 Å². The van der Waals surface area contributed by atoms with Crippen molar-refractivity contribution in [1.29, 1.82) is 0 Å². The molecule has 0 aromatic carbocycles. The molecule has 2 aliphatic heterocycles. The number of aromatic nitrogens is 4. The van der Waals surface area contributed by atoms with E-state index in [1.54, 1.807) is 31.5 Å². The summed E-state index contributed by atoms with van der Waals surface area (Å²) in [5.74, 6) is 0.593. The van der Waals surface area contributed by atoms with Crippen molar-refractivity contribution in [3.05, 3.63) is 57.3 Å². The molecule has 13 heteroatoms. The number of amides is 1. The zero-order chi connectivity index (χ0) is 29.3. The maximum Gasteiger partial charge on any atom is 0.260 e. The van der Waals surface area contributed by atoms with Crippen LogP contribution in [-0.2, 0) is 11.3 Å². The van der Waals surface area contributed by atoms with E-state index in [1.807, 2.05) is 13.8 Å². The lowest BCUT2D eigenvalue weighted by Gasteiger charge is -2.30. The number of nitrogens with two attached hydrogens (primary N) is 1. The number of Topliss-reactive ketones (excluding diaryl/α,β-unsaturated/α-hetero) is 1. The number of pyridine rings is 1. The number of methoxy groups -OCH3 is 1. The molecule has 216 valence electrons. The third-order valence-electron chi connectivity index (χ3n) is 7.46. The molecule has 0 aliphatic carbocycles. The van der Waals surface area contributed by atoms with Crippen LogP contribution in [0, 0.1) is 13.8 Å². The van der Waals surface area contributed by atoms with E-state index in [4.69, 9.17) is 22.1 Å². The molecule has 4 N–H and O–H groups in total. The fraction of sp³-hybridized carbons (Fsp3) is 0.393. The van der Waals surface area contributed by atoms with E-state index in [2.05, 4.69) is 24.8 Å². The highest BCUT2D eigenvalue weighted by molar-refractivity contribution is 6.41. The molecule has 3 aromatic rings. The molecule has 0 bridgehead atoms. The number of aryl methyl sites for hydroxylation is 1. The van der Waals surface area contributed by atoms with E-state index in [-0.39, 0.29) is 34.9 Å². The number of nitrogens with one attached hydrogen (secondary N) is 1. The van der Waals surface area contributed by atoms with Gasteiger partial charge in [-0.05, 0) is 45.0 Å². The highest BCUT2D eigenvalue weighted by atomic mass is 35.5. The van der Waals surface area contributed by atoms with E-state index in [9.17, 15) is 14.8 Å². The molecule has 1 fully saturated rings. The smallest absolute Gasteiger partial charge is 0.260 e. The summed E-state index contributed by atoms with van der Waals surface area (Å²) in [7, 11) is 1.60. The number of nitrogens with zero attached hydrogens (tertiary/aromatic N) is 6. The van der Waals surface area contributed by atoms with Gasteiger partial charge in [-0.3, -0.25) is 19.5 Å². The van der Waals surface area contributed by atoms with Crippen molar-refractivity contribution in [1.82, 2.24) is 29.9 Å². The number of fused-ring (bicyclic) bond motifs is 1. The second-order valence-electron chi connectivity index (χ2n) is 10.2. The first-order chi connectivity index (χ1) is 19.7. The van der Waals surface area contributed by atoms with Crippen molar-refractivity contribution < 1.29 is 19.5 Å². The molecule has 0 atom stereocenters. The SMILES string of the molecule is COc1c(C)cnc(CN2C(=O)/C(=C\c3ccc(C(=O)CCCN4CCN(O)CC4)[nH]3)c3c(Cl)nc(N)nc32)c1C. The van der Waals surface area contributed by atoms with Gasteiger partial charge < -0.3 is 25.6 Å². The number of hydrogen-bond donors (Lipinski definition) is 3. The number of carbonyl (C=O) groups is 2. The van der Waals surface area contributed by atoms with Crippen molar-refractivity contribution in [2.45, 2.75) is 33.2 Å². The van der Waals surface area contributed by atoms with Crippen molar-refractivity contribution in [2.75, 3.05) is 50.5 Å². The van der Waals surface area contributed by atoms with Crippen LogP contribution in [0.25, 0.3) is 11.6 Å². The normalized spacial score (nSPS) is 17.0. The van der Waals surface area contributed by atoms with Crippen LogP contribution in [0.3, 0.4) is 0 Å². The van der Waals surface area contributed by atoms with Gasteiger partial charge in [-0.1, -0.05) is 11.6 Å². The molecule has 1 amide bonds. The number of hydrogen-bond acceptors (Lipinski definition) is 10. The number of rotatable bonds is 9. The third-order valence-corrected chi connectivity index (χ3v) is 7.73. The summed E-state index contributed by atoms with van der Waals surface area (Å²) >= 11 is 6.48. The first-order valence-electron chi connectivity index (χ1n) is 13.4. The van der Waals surface area contributed by atoms with Crippen molar-refractivity contribution >= 4 is 46.7 Å². The van der Waals surface area contributed by atoms with Gasteiger partial charge in [0.2, 0.25) is 5.95 Å². The number of nitrogen functional groups attached to an aromatic ring is 1. The zero-order valence-corrected chi connectivity index (χ0v) is 24.0. The average Bonchev–Trinajstić information content (AvgIpc) is 3.50. The summed E-state index contributed by atoms with van der Waals surface area (Å²) in [4.78, 5) is 46.4. The van der Waals surface area contributed by atoms with Gasteiger partial charge in [-0.2, -0.15) is 10.0 Å². The van der Waals surface area contributed by atoms with Crippen LogP contribution < -0.4 is 15.4 Å². The Balaban J connectivity index is 1.36. The molecule has 0 radical (unpaired) electrons. The van der Waals surface area contributed by atoms with Gasteiger partial charge in [0.25, 0.3) is 5.91 Å². The minimum atomic E-state index is -0.340. The Morgan fingerprint density at radius 2 is 1.98 bits per heavy atom. The average molecular weight is 581 g/mol. The number of anilines is 2. The highest BCUT2D eigenvalue weighted by Crippen LogP contribution is 2.41. The second kappa shape index (κ2) is 12.0. The molecule has 5 rings (SSSR count). The number of piperazine rings is 1. The molecule has 0 unspecified atom stereocenters. The molecule has 12 nitrogen and oxygen atoms in total. The lowest BCUT2D eigenvalue weighted by atomic mass is 10.1. The second-order valence-corrected chi connectivity index (χ2v) is 10.6. The predicted molar refractivity (Wildman–Crippen MR) is 155 cm³/mol. The molecule has 41 heavy (non-hydrogen) atoms. The topological polar surface area (TPSA) is 154 Å². The molecule has 0 spiro atoms. The summed E-state index contributed by atoms with van der Waals surface area (Å²) in [6.07, 6.45) is 4.45. The monoisotopic (exact) mass is 580 g/mol. The first kappa shape index (κ1) is 28.7. The number of ether oxygens (including phenoxy) is 1. The van der Waals surface area contributed by atoms with Crippen LogP contribution in [0.1, 0.15) is 51.4 Å². The summed E-state index contributed by atoms with van der Waals surface area (Å²) in [5, 5.41) is 10.9. The van der Waals surface area contributed by atoms with Crippen LogP contribution >= 0.6 is 11.6 Å². The van der Waals surface area contributed by atoms with Crippen LogP contribution in [0.5, 0.6) is 5.75 Å². The summed E-state index contributed by atoms with van der Waals surface area (Å²) in [5.41, 5.74) is 9.93. The number of ketones is 1. The first-order valence-corrected chi connectivity index (χ1v) is 13.8. The van der Waals surface area contributed by atoms with Crippen LogP contribution in [0.15, 0.2) is 18.3 Å². The minimum Gasteiger partial charge on any atom is -0.496 e. The van der Waals surface area contributed by atoms with E-state index in [1.165, 1.54) is 9.96 Å². The number of hydroxylamine groups is 2. The Labute approximate surface area is 242 Å². The van der Waals surface area contributed by atoms with Gasteiger partial charge in [0.15, 0.2) is 11.6 Å². The van der Waals surface area contributed by atoms with E-state index >= 15 is 0 Å².